The Morgan fingerprint density at radius 2 is 1.64 bits per heavy atom. The quantitative estimate of drug-likeness (QED) is 0.643. The Hall–Kier alpha value is -0.563. The highest BCUT2D eigenvalue weighted by molar-refractivity contribution is 6.77. The molecule has 1 aromatic rings. The van der Waals surface area contributed by atoms with Gasteiger partial charge in [0.2, 0.25) is 0 Å². The smallest absolute Gasteiger partial charge is 0.0471 e. The van der Waals surface area contributed by atoms with Crippen molar-refractivity contribution in [1.29, 1.82) is 0 Å². The molecule has 0 amide bonds. The van der Waals surface area contributed by atoms with Crippen LogP contribution in [0.4, 0.5) is 0 Å². The van der Waals surface area contributed by atoms with Crippen LogP contribution >= 0.6 is 0 Å². The third-order valence-corrected chi connectivity index (χ3v) is 6.43. The molecule has 0 heterocycles. The maximum Gasteiger partial charge on any atom is 0.0471 e. The van der Waals surface area contributed by atoms with Crippen molar-refractivity contribution in [1.82, 2.24) is 0 Å². The molecule has 0 fully saturated rings. The molecule has 1 atom stereocenters. The van der Waals surface area contributed by atoms with Crippen LogP contribution in [0.25, 0.3) is 0 Å². The molecule has 1 unspecified atom stereocenters. The fourth-order valence-corrected chi connectivity index (χ4v) is 2.47. The lowest BCUT2D eigenvalue weighted by molar-refractivity contribution is 0.766. The first-order chi connectivity index (χ1) is 6.50. The van der Waals surface area contributed by atoms with E-state index in [1.165, 1.54) is 18.4 Å². The topological polar surface area (TPSA) is 0 Å². The van der Waals surface area contributed by atoms with Crippen LogP contribution in [0.5, 0.6) is 0 Å². The van der Waals surface area contributed by atoms with Gasteiger partial charge in [0, 0.05) is 8.07 Å². The fourth-order valence-electron chi connectivity index (χ4n) is 1.46. The Balaban J connectivity index is 2.42. The van der Waals surface area contributed by atoms with Gasteiger partial charge in [-0.25, -0.2) is 0 Å². The molecule has 1 rings (SSSR count). The van der Waals surface area contributed by atoms with Gasteiger partial charge < -0.3 is 0 Å². The molecule has 78 valence electrons. The number of hydrogen-bond acceptors (Lipinski definition) is 0. The van der Waals surface area contributed by atoms with Gasteiger partial charge in [-0.3, -0.25) is 0 Å². The van der Waals surface area contributed by atoms with Crippen molar-refractivity contribution in [3.63, 3.8) is 0 Å². The zero-order valence-corrected chi connectivity index (χ0v) is 10.9. The summed E-state index contributed by atoms with van der Waals surface area (Å²) in [5.74, 6) is 0. The van der Waals surface area contributed by atoms with Crippen LogP contribution in [0.15, 0.2) is 30.3 Å². The molecule has 0 aromatic heterocycles. The molecule has 1 aromatic carbocycles. The lowest BCUT2D eigenvalue weighted by Crippen LogP contribution is -2.26. The van der Waals surface area contributed by atoms with Crippen LogP contribution in [0, 0.1) is 0 Å². The van der Waals surface area contributed by atoms with Gasteiger partial charge in [0.1, 0.15) is 0 Å². The Bertz CT molecular complexity index is 258. The maximum absolute atomic E-state index is 2.46. The molecule has 0 aliphatic heterocycles. The Labute approximate surface area is 89.4 Å². The van der Waals surface area contributed by atoms with Gasteiger partial charge in [0.25, 0.3) is 0 Å². The second kappa shape index (κ2) is 4.79. The van der Waals surface area contributed by atoms with E-state index in [-0.39, 0.29) is 0 Å². The highest BCUT2D eigenvalue weighted by atomic mass is 28.3. The van der Waals surface area contributed by atoms with Crippen LogP contribution < -0.4 is 0 Å². The molecule has 0 spiro atoms. The lowest BCUT2D eigenvalue weighted by atomic mass is 10.1. The number of aryl methyl sites for hydroxylation is 1. The van der Waals surface area contributed by atoms with E-state index in [4.69, 9.17) is 0 Å². The maximum atomic E-state index is 2.46. The zero-order chi connectivity index (χ0) is 10.6. The van der Waals surface area contributed by atoms with Gasteiger partial charge in [-0.05, 0) is 23.9 Å². The van der Waals surface area contributed by atoms with Crippen molar-refractivity contribution in [2.24, 2.45) is 0 Å². The van der Waals surface area contributed by atoms with Gasteiger partial charge in [0.05, 0.1) is 0 Å². The van der Waals surface area contributed by atoms with Crippen LogP contribution in [0.1, 0.15) is 18.9 Å². The van der Waals surface area contributed by atoms with Gasteiger partial charge in [-0.15, -0.1) is 0 Å². The molecule has 0 saturated carbocycles. The van der Waals surface area contributed by atoms with Crippen molar-refractivity contribution in [3.05, 3.63) is 35.9 Å². The predicted octanol–water partition coefficient (Wildman–Crippen LogP) is 4.35. The van der Waals surface area contributed by atoms with Crippen molar-refractivity contribution in [2.45, 2.75) is 44.9 Å². The van der Waals surface area contributed by atoms with E-state index < -0.39 is 8.07 Å². The number of hydrogen-bond donors (Lipinski definition) is 0. The first-order valence-electron chi connectivity index (χ1n) is 5.54. The summed E-state index contributed by atoms with van der Waals surface area (Å²) in [7, 11) is -0.914. The molecule has 0 radical (unpaired) electrons. The molecule has 14 heavy (non-hydrogen) atoms. The first-order valence-corrected chi connectivity index (χ1v) is 9.12. The summed E-state index contributed by atoms with van der Waals surface area (Å²) in [5, 5.41) is 0. The van der Waals surface area contributed by atoms with Crippen LogP contribution in [-0.2, 0) is 6.42 Å². The van der Waals surface area contributed by atoms with Gasteiger partial charge in [-0.1, -0.05) is 56.9 Å². The second-order valence-electron chi connectivity index (χ2n) is 5.29. The SMILES string of the molecule is CC(CCc1ccccc1)[Si](C)(C)C. The summed E-state index contributed by atoms with van der Waals surface area (Å²) in [6, 6.07) is 10.8. The van der Waals surface area contributed by atoms with Crippen molar-refractivity contribution in [3.8, 4) is 0 Å². The summed E-state index contributed by atoms with van der Waals surface area (Å²) in [4.78, 5) is 0. The molecule has 0 bridgehead atoms. The highest BCUT2D eigenvalue weighted by Gasteiger charge is 2.21. The second-order valence-corrected chi connectivity index (χ2v) is 11.0. The molecule has 0 nitrogen and oxygen atoms in total. The summed E-state index contributed by atoms with van der Waals surface area (Å²) >= 11 is 0. The number of benzene rings is 1. The third-order valence-electron chi connectivity index (χ3n) is 3.19. The fraction of sp³-hybridized carbons (Fsp3) is 0.538. The monoisotopic (exact) mass is 206 g/mol. The van der Waals surface area contributed by atoms with E-state index in [1.807, 2.05) is 0 Å². The van der Waals surface area contributed by atoms with E-state index in [9.17, 15) is 0 Å². The van der Waals surface area contributed by atoms with E-state index >= 15 is 0 Å². The molecular weight excluding hydrogens is 184 g/mol. The van der Waals surface area contributed by atoms with Crippen LogP contribution in [-0.4, -0.2) is 8.07 Å². The van der Waals surface area contributed by atoms with Crippen molar-refractivity contribution >= 4 is 8.07 Å². The molecule has 0 aliphatic rings. The molecule has 0 N–H and O–H groups in total. The molecule has 0 saturated heterocycles. The first kappa shape index (κ1) is 11.5. The zero-order valence-electron chi connectivity index (χ0n) is 9.88. The normalized spacial score (nSPS) is 14.0. The van der Waals surface area contributed by atoms with E-state index in [1.54, 1.807) is 0 Å². The summed E-state index contributed by atoms with van der Waals surface area (Å²) in [6.07, 6.45) is 2.59. The number of rotatable bonds is 4. The third kappa shape index (κ3) is 3.67. The summed E-state index contributed by atoms with van der Waals surface area (Å²) < 4.78 is 0. The van der Waals surface area contributed by atoms with Gasteiger partial charge in [0.15, 0.2) is 0 Å². The van der Waals surface area contributed by atoms with E-state index in [2.05, 4.69) is 56.9 Å². The summed E-state index contributed by atoms with van der Waals surface area (Å²) in [5.41, 5.74) is 2.40. The standard InChI is InChI=1S/C13H22Si/c1-12(14(2,3)4)10-11-13-8-6-5-7-9-13/h5-9,12H,10-11H2,1-4H3. The van der Waals surface area contributed by atoms with Crippen molar-refractivity contribution in [2.75, 3.05) is 0 Å². The van der Waals surface area contributed by atoms with E-state index in [0.29, 0.717) is 0 Å². The lowest BCUT2D eigenvalue weighted by Gasteiger charge is -2.25. The highest BCUT2D eigenvalue weighted by Crippen LogP contribution is 2.25. The van der Waals surface area contributed by atoms with Crippen LogP contribution in [0.3, 0.4) is 0 Å². The molecule has 0 aliphatic carbocycles. The predicted molar refractivity (Wildman–Crippen MR) is 67.5 cm³/mol. The average Bonchev–Trinajstić information content (AvgIpc) is 2.14. The largest absolute Gasteiger partial charge is 0.0694 e. The minimum absolute atomic E-state index is 0.914. The minimum Gasteiger partial charge on any atom is -0.0694 e. The summed E-state index contributed by atoms with van der Waals surface area (Å²) in [6.45, 7) is 9.79. The molecular formula is C13H22Si. The van der Waals surface area contributed by atoms with Gasteiger partial charge >= 0.3 is 0 Å². The van der Waals surface area contributed by atoms with Gasteiger partial charge in [-0.2, -0.15) is 0 Å². The van der Waals surface area contributed by atoms with Crippen LogP contribution in [0.2, 0.25) is 25.2 Å². The van der Waals surface area contributed by atoms with E-state index in [0.717, 1.165) is 5.54 Å². The minimum atomic E-state index is -0.914. The van der Waals surface area contributed by atoms with Crippen molar-refractivity contribution < 1.29 is 0 Å². The Morgan fingerprint density at radius 3 is 2.14 bits per heavy atom. The Kier molecular flexibility index (Phi) is 3.94. The molecule has 1 heteroatoms. The average molecular weight is 206 g/mol. The Morgan fingerprint density at radius 1 is 1.07 bits per heavy atom.